The highest BCUT2D eigenvalue weighted by Gasteiger charge is 2.22. The first-order valence-corrected chi connectivity index (χ1v) is 10.4. The summed E-state index contributed by atoms with van der Waals surface area (Å²) in [6, 6.07) is 16.7. The van der Waals surface area contributed by atoms with E-state index in [2.05, 4.69) is 41.8 Å². The lowest BCUT2D eigenvalue weighted by Crippen LogP contribution is -2.50. The number of benzene rings is 2. The predicted molar refractivity (Wildman–Crippen MR) is 113 cm³/mol. The monoisotopic (exact) mass is 402 g/mol. The van der Waals surface area contributed by atoms with Crippen LogP contribution in [0.5, 0.6) is 0 Å². The Morgan fingerprint density at radius 2 is 1.71 bits per heavy atom. The molecule has 4 nitrogen and oxygen atoms in total. The summed E-state index contributed by atoms with van der Waals surface area (Å²) in [7, 11) is 0. The Balaban J connectivity index is 1.92. The molecule has 2 aromatic rings. The Labute approximate surface area is 170 Å². The third kappa shape index (κ3) is 7.44. The molecule has 0 aliphatic rings. The number of Topliss-reactive ketones (excluding diaryl/α,β-unsaturated/α-hetero) is 1. The van der Waals surface area contributed by atoms with Crippen molar-refractivity contribution in [1.29, 1.82) is 0 Å². The molecule has 1 amide bonds. The minimum Gasteiger partial charge on any atom is -0.345 e. The number of hydrogen-bond donors (Lipinski definition) is 2. The third-order valence-electron chi connectivity index (χ3n) is 4.39. The fourth-order valence-corrected chi connectivity index (χ4v) is 3.48. The fraction of sp³-hybridized carbons (Fsp3) is 0.364. The number of ketones is 1. The van der Waals surface area contributed by atoms with Gasteiger partial charge in [-0.05, 0) is 31.4 Å². The fourth-order valence-electron chi connectivity index (χ4n) is 2.63. The predicted octanol–water partition coefficient (Wildman–Crippen LogP) is 3.43. The van der Waals surface area contributed by atoms with Crippen LogP contribution in [0.15, 0.2) is 54.6 Å². The zero-order valence-corrected chi connectivity index (χ0v) is 17.1. The second-order valence-electron chi connectivity index (χ2n) is 6.76. The molecule has 0 aliphatic heterocycles. The molecule has 28 heavy (non-hydrogen) atoms. The summed E-state index contributed by atoms with van der Waals surface area (Å²) < 4.78 is 12.6. The van der Waals surface area contributed by atoms with Gasteiger partial charge in [0.2, 0.25) is 5.91 Å². The smallest absolute Gasteiger partial charge is 0.238 e. The number of carbonyl (C=O) groups excluding carboxylic acids is 2. The summed E-state index contributed by atoms with van der Waals surface area (Å²) in [5.74, 6) is 0.503. The van der Waals surface area contributed by atoms with Crippen LogP contribution < -0.4 is 10.6 Å². The second kappa shape index (κ2) is 11.6. The number of hydrogen-bond acceptors (Lipinski definition) is 4. The van der Waals surface area contributed by atoms with Gasteiger partial charge < -0.3 is 5.32 Å². The maximum absolute atomic E-state index is 12.6. The van der Waals surface area contributed by atoms with Crippen molar-refractivity contribution in [2.24, 2.45) is 0 Å². The quantitative estimate of drug-likeness (QED) is 0.447. The number of alkyl halides is 1. The first-order chi connectivity index (χ1) is 13.5. The van der Waals surface area contributed by atoms with Crippen LogP contribution in [-0.4, -0.2) is 36.3 Å². The van der Waals surface area contributed by atoms with E-state index >= 15 is 0 Å². The summed E-state index contributed by atoms with van der Waals surface area (Å²) in [6.07, 6.45) is 0.494. The van der Waals surface area contributed by atoms with Gasteiger partial charge in [-0.25, -0.2) is 4.39 Å². The molecule has 0 fully saturated rings. The van der Waals surface area contributed by atoms with E-state index in [9.17, 15) is 14.0 Å². The molecule has 0 spiro atoms. The summed E-state index contributed by atoms with van der Waals surface area (Å²) >= 11 is 1.68. The highest BCUT2D eigenvalue weighted by molar-refractivity contribution is 7.98. The van der Waals surface area contributed by atoms with Gasteiger partial charge in [0, 0.05) is 11.6 Å². The first-order valence-electron chi connectivity index (χ1n) is 9.29. The van der Waals surface area contributed by atoms with Gasteiger partial charge in [0.1, 0.15) is 6.67 Å². The summed E-state index contributed by atoms with van der Waals surface area (Å²) in [6.45, 7) is 2.48. The van der Waals surface area contributed by atoms with Gasteiger partial charge in [0.15, 0.2) is 5.78 Å². The van der Waals surface area contributed by atoms with Crippen LogP contribution in [0.2, 0.25) is 0 Å². The Kier molecular flexibility index (Phi) is 9.17. The van der Waals surface area contributed by atoms with Crippen molar-refractivity contribution in [1.82, 2.24) is 10.6 Å². The molecule has 2 aromatic carbocycles. The normalized spacial score (nSPS) is 13.0. The summed E-state index contributed by atoms with van der Waals surface area (Å²) in [5.41, 5.74) is 3.47. The Morgan fingerprint density at radius 3 is 2.36 bits per heavy atom. The van der Waals surface area contributed by atoms with Gasteiger partial charge >= 0.3 is 0 Å². The minimum absolute atomic E-state index is 0.297. The molecule has 0 saturated carbocycles. The lowest BCUT2D eigenvalue weighted by atomic mass is 10.0. The van der Waals surface area contributed by atoms with E-state index in [1.165, 1.54) is 18.1 Å². The van der Waals surface area contributed by atoms with Crippen molar-refractivity contribution in [3.05, 3.63) is 71.3 Å². The van der Waals surface area contributed by atoms with E-state index in [-0.39, 0.29) is 5.91 Å². The Hall–Kier alpha value is -2.18. The Bertz CT molecular complexity index is 753. The van der Waals surface area contributed by atoms with E-state index < -0.39 is 24.5 Å². The number of halogens is 1. The van der Waals surface area contributed by atoms with Crippen molar-refractivity contribution < 1.29 is 14.0 Å². The maximum Gasteiger partial charge on any atom is 0.238 e. The molecule has 150 valence electrons. The van der Waals surface area contributed by atoms with Crippen molar-refractivity contribution in [2.75, 3.05) is 12.6 Å². The van der Waals surface area contributed by atoms with Crippen molar-refractivity contribution in [3.63, 3.8) is 0 Å². The van der Waals surface area contributed by atoms with E-state index in [4.69, 9.17) is 0 Å². The minimum atomic E-state index is -1.08. The van der Waals surface area contributed by atoms with Crippen LogP contribution in [0.25, 0.3) is 0 Å². The van der Waals surface area contributed by atoms with Crippen LogP contribution >= 0.6 is 11.8 Å². The second-order valence-corrected chi connectivity index (χ2v) is 7.74. The summed E-state index contributed by atoms with van der Waals surface area (Å²) in [4.78, 5) is 24.1. The first kappa shape index (κ1) is 22.1. The molecule has 0 bridgehead atoms. The molecule has 2 rings (SSSR count). The molecule has 0 aliphatic carbocycles. The van der Waals surface area contributed by atoms with Gasteiger partial charge in [-0.2, -0.15) is 0 Å². The molecule has 2 N–H and O–H groups in total. The molecule has 1 unspecified atom stereocenters. The van der Waals surface area contributed by atoms with E-state index in [0.717, 1.165) is 11.3 Å². The zero-order valence-electron chi connectivity index (χ0n) is 16.3. The molecule has 0 heterocycles. The molecular formula is C22H27FN2O2S. The molecule has 0 radical (unpaired) electrons. The van der Waals surface area contributed by atoms with Crippen molar-refractivity contribution in [2.45, 2.75) is 38.1 Å². The standard InChI is InChI=1S/C22H27FN2O2S/c1-16-8-10-19(11-9-16)14-28-15-24-20(12-18-6-4-3-5-7-18)22(27)25-17(2)21(26)13-23/h3-11,17,20,24H,12-15H2,1-2H3,(H,25,27)/t17-,20?/m0/s1. The number of nitrogens with one attached hydrogen (secondary N) is 2. The zero-order chi connectivity index (χ0) is 20.4. The van der Waals surface area contributed by atoms with Crippen LogP contribution in [0.1, 0.15) is 23.6 Å². The van der Waals surface area contributed by atoms with Gasteiger partial charge in [0.05, 0.1) is 12.1 Å². The molecule has 0 saturated heterocycles. The number of amides is 1. The van der Waals surface area contributed by atoms with Crippen LogP contribution in [0.4, 0.5) is 4.39 Å². The number of rotatable bonds is 11. The van der Waals surface area contributed by atoms with E-state index in [1.54, 1.807) is 11.8 Å². The highest BCUT2D eigenvalue weighted by Crippen LogP contribution is 2.13. The van der Waals surface area contributed by atoms with Gasteiger partial charge in [-0.15, -0.1) is 11.8 Å². The molecular weight excluding hydrogens is 375 g/mol. The molecule has 6 heteroatoms. The van der Waals surface area contributed by atoms with Crippen LogP contribution in [-0.2, 0) is 21.8 Å². The lowest BCUT2D eigenvalue weighted by Gasteiger charge is -2.20. The lowest BCUT2D eigenvalue weighted by molar-refractivity contribution is -0.128. The topological polar surface area (TPSA) is 58.2 Å². The number of thioether (sulfide) groups is 1. The molecule has 2 atom stereocenters. The van der Waals surface area contributed by atoms with E-state index in [0.29, 0.717) is 12.3 Å². The van der Waals surface area contributed by atoms with Gasteiger partial charge in [0.25, 0.3) is 0 Å². The summed E-state index contributed by atoms with van der Waals surface area (Å²) in [5, 5.41) is 5.87. The Morgan fingerprint density at radius 1 is 1.04 bits per heavy atom. The number of carbonyl (C=O) groups is 2. The van der Waals surface area contributed by atoms with Crippen molar-refractivity contribution in [3.8, 4) is 0 Å². The molecule has 0 aromatic heterocycles. The van der Waals surface area contributed by atoms with Crippen LogP contribution in [0, 0.1) is 6.92 Å². The maximum atomic E-state index is 12.6. The number of aryl methyl sites for hydroxylation is 1. The van der Waals surface area contributed by atoms with E-state index in [1.807, 2.05) is 30.3 Å². The average molecular weight is 403 g/mol. The third-order valence-corrected chi connectivity index (χ3v) is 5.30. The van der Waals surface area contributed by atoms with Crippen LogP contribution in [0.3, 0.4) is 0 Å². The highest BCUT2D eigenvalue weighted by atomic mass is 32.2. The SMILES string of the molecule is Cc1ccc(CSCNC(Cc2ccccc2)C(=O)N[C@@H](C)C(=O)CF)cc1. The van der Waals surface area contributed by atoms with Gasteiger partial charge in [-0.3, -0.25) is 14.9 Å². The van der Waals surface area contributed by atoms with Crippen molar-refractivity contribution >= 4 is 23.5 Å². The largest absolute Gasteiger partial charge is 0.345 e. The van der Waals surface area contributed by atoms with Gasteiger partial charge in [-0.1, -0.05) is 60.2 Å². The average Bonchev–Trinajstić information content (AvgIpc) is 2.71.